The number of nitrogens with zero attached hydrogens (tertiary/aromatic N) is 1. The van der Waals surface area contributed by atoms with Crippen LogP contribution in [0.5, 0.6) is 5.75 Å². The van der Waals surface area contributed by atoms with Gasteiger partial charge in [0.15, 0.2) is 0 Å². The third-order valence-corrected chi connectivity index (χ3v) is 6.99. The number of hydrogen-bond acceptors (Lipinski definition) is 4. The summed E-state index contributed by atoms with van der Waals surface area (Å²) in [5.41, 5.74) is 5.43. The zero-order chi connectivity index (χ0) is 28.1. The van der Waals surface area contributed by atoms with Crippen LogP contribution in [0.3, 0.4) is 0 Å². The normalized spacial score (nSPS) is 11.6. The molecule has 1 atom stereocenters. The minimum Gasteiger partial charge on any atom is -0.489 e. The molecule has 0 amide bonds. The molecule has 206 valence electrons. The van der Waals surface area contributed by atoms with Crippen LogP contribution in [0.1, 0.15) is 27.8 Å². The molecule has 1 unspecified atom stereocenters. The lowest BCUT2D eigenvalue weighted by atomic mass is 10.0. The molecule has 0 saturated carbocycles. The van der Waals surface area contributed by atoms with Crippen LogP contribution >= 0.6 is 0 Å². The van der Waals surface area contributed by atoms with E-state index >= 15 is 0 Å². The van der Waals surface area contributed by atoms with E-state index in [0.29, 0.717) is 26.1 Å². The van der Waals surface area contributed by atoms with Gasteiger partial charge in [0, 0.05) is 13.1 Å². The van der Waals surface area contributed by atoms with Gasteiger partial charge in [0.05, 0.1) is 0 Å². The van der Waals surface area contributed by atoms with Gasteiger partial charge in [0.25, 0.3) is 0 Å². The van der Waals surface area contributed by atoms with Gasteiger partial charge in [0.2, 0.25) is 0 Å². The summed E-state index contributed by atoms with van der Waals surface area (Å²) < 4.78 is 11.9. The summed E-state index contributed by atoms with van der Waals surface area (Å²) in [6.45, 7) is 2.00. The van der Waals surface area contributed by atoms with Crippen LogP contribution in [0.15, 0.2) is 146 Å². The first-order valence-corrected chi connectivity index (χ1v) is 14.0. The van der Waals surface area contributed by atoms with Gasteiger partial charge in [-0.3, -0.25) is 9.69 Å². The Bertz CT molecular complexity index is 1420. The van der Waals surface area contributed by atoms with Gasteiger partial charge in [0.1, 0.15) is 25.0 Å². The maximum Gasteiger partial charge on any atom is 0.324 e. The molecule has 0 saturated heterocycles. The second-order valence-electron chi connectivity index (χ2n) is 10.1. The van der Waals surface area contributed by atoms with Gasteiger partial charge in [-0.1, -0.05) is 133 Å². The molecule has 0 radical (unpaired) electrons. The molecule has 4 heteroatoms. The third-order valence-electron chi connectivity index (χ3n) is 6.99. The Hall–Kier alpha value is -4.67. The molecule has 0 aromatic heterocycles. The smallest absolute Gasteiger partial charge is 0.324 e. The predicted octanol–water partition coefficient (Wildman–Crippen LogP) is 7.62. The number of rotatable bonds is 13. The van der Waals surface area contributed by atoms with E-state index in [-0.39, 0.29) is 12.6 Å². The highest BCUT2D eigenvalue weighted by molar-refractivity contribution is 5.76. The maximum atomic E-state index is 13.8. The summed E-state index contributed by atoms with van der Waals surface area (Å²) in [6, 6.07) is 48.1. The highest BCUT2D eigenvalue weighted by Crippen LogP contribution is 2.21. The van der Waals surface area contributed by atoms with E-state index in [1.54, 1.807) is 0 Å². The van der Waals surface area contributed by atoms with Crippen molar-refractivity contribution in [3.8, 4) is 5.75 Å². The van der Waals surface area contributed by atoms with E-state index in [0.717, 1.165) is 33.6 Å². The molecule has 0 N–H and O–H groups in total. The van der Waals surface area contributed by atoms with Crippen molar-refractivity contribution in [3.05, 3.63) is 173 Å². The van der Waals surface area contributed by atoms with E-state index in [1.165, 1.54) is 0 Å². The number of hydrogen-bond donors (Lipinski definition) is 0. The SMILES string of the molecule is O=C(OCc1ccccc1)C(Cc1ccc(OCc2ccccc2)cc1)N(Cc1ccccc1)Cc1ccccc1. The summed E-state index contributed by atoms with van der Waals surface area (Å²) >= 11 is 0. The second-order valence-corrected chi connectivity index (χ2v) is 10.1. The van der Waals surface area contributed by atoms with Gasteiger partial charge >= 0.3 is 5.97 Å². The fourth-order valence-corrected chi connectivity index (χ4v) is 4.78. The molecule has 41 heavy (non-hydrogen) atoms. The average molecular weight is 542 g/mol. The lowest BCUT2D eigenvalue weighted by molar-refractivity contribution is -0.152. The molecule has 0 heterocycles. The zero-order valence-corrected chi connectivity index (χ0v) is 23.1. The van der Waals surface area contributed by atoms with E-state index in [2.05, 4.69) is 29.2 Å². The topological polar surface area (TPSA) is 38.8 Å². The minimum absolute atomic E-state index is 0.231. The Morgan fingerprint density at radius 2 is 0.951 bits per heavy atom. The van der Waals surface area contributed by atoms with Crippen molar-refractivity contribution in [3.63, 3.8) is 0 Å². The Morgan fingerprint density at radius 3 is 1.44 bits per heavy atom. The predicted molar refractivity (Wildman–Crippen MR) is 163 cm³/mol. The summed E-state index contributed by atoms with van der Waals surface area (Å²) in [7, 11) is 0. The van der Waals surface area contributed by atoms with Gasteiger partial charge in [-0.05, 0) is 46.4 Å². The van der Waals surface area contributed by atoms with Crippen molar-refractivity contribution in [1.29, 1.82) is 0 Å². The quantitative estimate of drug-likeness (QED) is 0.144. The van der Waals surface area contributed by atoms with Gasteiger partial charge < -0.3 is 9.47 Å². The van der Waals surface area contributed by atoms with Crippen molar-refractivity contribution in [2.45, 2.75) is 38.8 Å². The largest absolute Gasteiger partial charge is 0.489 e. The van der Waals surface area contributed by atoms with Crippen molar-refractivity contribution in [2.75, 3.05) is 0 Å². The number of ether oxygens (including phenoxy) is 2. The van der Waals surface area contributed by atoms with Crippen LogP contribution in [0.2, 0.25) is 0 Å². The monoisotopic (exact) mass is 541 g/mol. The van der Waals surface area contributed by atoms with E-state index < -0.39 is 6.04 Å². The lowest BCUT2D eigenvalue weighted by Gasteiger charge is -2.31. The van der Waals surface area contributed by atoms with Crippen molar-refractivity contribution in [1.82, 2.24) is 4.90 Å². The molecular formula is C37H35NO3. The molecule has 5 aromatic carbocycles. The first kappa shape index (κ1) is 27.9. The molecular weight excluding hydrogens is 506 g/mol. The lowest BCUT2D eigenvalue weighted by Crippen LogP contribution is -2.43. The van der Waals surface area contributed by atoms with Crippen LogP contribution in [0.25, 0.3) is 0 Å². The van der Waals surface area contributed by atoms with E-state index in [9.17, 15) is 4.79 Å². The van der Waals surface area contributed by atoms with Crippen molar-refractivity contribution < 1.29 is 14.3 Å². The Labute approximate surface area is 242 Å². The fraction of sp³-hybridized carbons (Fsp3) is 0.162. The molecule has 5 rings (SSSR count). The molecule has 0 spiro atoms. The standard InChI is InChI=1S/C37H35NO3/c39-37(41-29-34-19-11-4-12-20-34)36(25-30-21-23-35(24-22-30)40-28-33-17-9-3-10-18-33)38(26-31-13-5-1-6-14-31)27-32-15-7-2-8-16-32/h1-24,36H,25-29H2. The first-order valence-electron chi connectivity index (χ1n) is 14.0. The number of esters is 1. The van der Waals surface area contributed by atoms with Crippen LogP contribution in [0, 0.1) is 0 Å². The summed E-state index contributed by atoms with van der Waals surface area (Å²) in [4.78, 5) is 16.0. The Balaban J connectivity index is 1.36. The Kier molecular flexibility index (Phi) is 9.96. The van der Waals surface area contributed by atoms with E-state index in [1.807, 2.05) is 121 Å². The Morgan fingerprint density at radius 1 is 0.512 bits per heavy atom. The first-order chi connectivity index (χ1) is 20.2. The molecule has 0 fully saturated rings. The van der Waals surface area contributed by atoms with Crippen LogP contribution in [-0.4, -0.2) is 16.9 Å². The van der Waals surface area contributed by atoms with Crippen molar-refractivity contribution >= 4 is 5.97 Å². The summed E-state index contributed by atoms with van der Waals surface area (Å²) in [6.07, 6.45) is 0.520. The minimum atomic E-state index is -0.477. The average Bonchev–Trinajstić information content (AvgIpc) is 3.04. The van der Waals surface area contributed by atoms with Crippen LogP contribution in [-0.2, 0) is 42.3 Å². The highest BCUT2D eigenvalue weighted by atomic mass is 16.5. The highest BCUT2D eigenvalue weighted by Gasteiger charge is 2.28. The fourth-order valence-electron chi connectivity index (χ4n) is 4.78. The summed E-state index contributed by atoms with van der Waals surface area (Å²) in [5, 5.41) is 0. The number of carbonyl (C=O) groups is 1. The molecule has 4 nitrogen and oxygen atoms in total. The molecule has 0 aliphatic rings. The number of benzene rings is 5. The second kappa shape index (κ2) is 14.6. The number of carbonyl (C=O) groups excluding carboxylic acids is 1. The third kappa shape index (κ3) is 8.66. The molecule has 0 aliphatic heterocycles. The van der Waals surface area contributed by atoms with E-state index in [4.69, 9.17) is 9.47 Å². The maximum absolute atomic E-state index is 13.8. The van der Waals surface area contributed by atoms with Crippen molar-refractivity contribution in [2.24, 2.45) is 0 Å². The van der Waals surface area contributed by atoms with Gasteiger partial charge in [-0.25, -0.2) is 0 Å². The summed E-state index contributed by atoms with van der Waals surface area (Å²) in [5.74, 6) is 0.566. The zero-order valence-electron chi connectivity index (χ0n) is 23.1. The molecule has 5 aromatic rings. The van der Waals surface area contributed by atoms with Crippen LogP contribution in [0.4, 0.5) is 0 Å². The molecule has 0 aliphatic carbocycles. The van der Waals surface area contributed by atoms with Gasteiger partial charge in [-0.15, -0.1) is 0 Å². The van der Waals surface area contributed by atoms with Crippen LogP contribution < -0.4 is 4.74 Å². The van der Waals surface area contributed by atoms with Gasteiger partial charge in [-0.2, -0.15) is 0 Å². The molecule has 0 bridgehead atoms.